The highest BCUT2D eigenvalue weighted by Gasteiger charge is 2.37. The topological polar surface area (TPSA) is 51.2 Å². The van der Waals surface area contributed by atoms with Crippen molar-refractivity contribution < 1.29 is 13.9 Å². The van der Waals surface area contributed by atoms with Crippen LogP contribution in [0, 0.1) is 5.82 Å². The summed E-state index contributed by atoms with van der Waals surface area (Å²) in [5.41, 5.74) is 0.291. The number of carbonyl (C=O) groups excluding carboxylic acids is 1. The number of methoxy groups -OCH3 is 1. The van der Waals surface area contributed by atoms with Crippen molar-refractivity contribution in [2.45, 2.75) is 19.0 Å². The highest BCUT2D eigenvalue weighted by atomic mass is 19.1. The van der Waals surface area contributed by atoms with Gasteiger partial charge in [0, 0.05) is 6.54 Å². The van der Waals surface area contributed by atoms with Crippen LogP contribution in [-0.2, 0) is 21.6 Å². The fourth-order valence-corrected chi connectivity index (χ4v) is 2.02. The maximum Gasteiger partial charge on any atom is 0.332 e. The molecule has 110 valence electrons. The molecule has 1 heterocycles. The number of hydrogen-bond acceptors (Lipinski definition) is 4. The van der Waals surface area contributed by atoms with E-state index in [2.05, 4.69) is 10.3 Å². The fourth-order valence-electron chi connectivity index (χ4n) is 2.02. The number of benzene rings is 1. The minimum atomic E-state index is -1.14. The van der Waals surface area contributed by atoms with Gasteiger partial charge in [-0.3, -0.25) is 10.3 Å². The van der Waals surface area contributed by atoms with E-state index < -0.39 is 17.3 Å². The van der Waals surface area contributed by atoms with Gasteiger partial charge in [-0.05, 0) is 24.6 Å². The van der Waals surface area contributed by atoms with Crippen LogP contribution in [0.25, 0.3) is 0 Å². The van der Waals surface area contributed by atoms with E-state index in [-0.39, 0.29) is 0 Å². The van der Waals surface area contributed by atoms with Crippen LogP contribution in [0.15, 0.2) is 48.7 Å². The van der Waals surface area contributed by atoms with Gasteiger partial charge in [0.25, 0.3) is 0 Å². The molecular weight excluding hydrogens is 271 g/mol. The summed E-state index contributed by atoms with van der Waals surface area (Å²) in [4.78, 5) is 16.1. The number of rotatable bonds is 5. The molecule has 1 N–H and O–H groups in total. The average Bonchev–Trinajstić information content (AvgIpc) is 2.53. The third-order valence-electron chi connectivity index (χ3n) is 3.32. The third kappa shape index (κ3) is 3.44. The van der Waals surface area contributed by atoms with Gasteiger partial charge in [-0.1, -0.05) is 30.3 Å². The lowest BCUT2D eigenvalue weighted by Crippen LogP contribution is -2.47. The summed E-state index contributed by atoms with van der Waals surface area (Å²) in [5.74, 6) is -0.924. The Balaban J connectivity index is 2.25. The van der Waals surface area contributed by atoms with Crippen molar-refractivity contribution in [2.75, 3.05) is 7.11 Å². The first-order chi connectivity index (χ1) is 10.1. The van der Waals surface area contributed by atoms with Crippen molar-refractivity contribution in [3.8, 4) is 0 Å². The van der Waals surface area contributed by atoms with Crippen molar-refractivity contribution >= 4 is 5.97 Å². The molecular formula is C16H17FN2O2. The maximum absolute atomic E-state index is 13.0. The molecule has 21 heavy (non-hydrogen) atoms. The van der Waals surface area contributed by atoms with Gasteiger partial charge in [0.05, 0.1) is 19.0 Å². The molecule has 5 heteroatoms. The smallest absolute Gasteiger partial charge is 0.332 e. The molecule has 0 fully saturated rings. The zero-order valence-electron chi connectivity index (χ0n) is 12.0. The van der Waals surface area contributed by atoms with Gasteiger partial charge in [-0.25, -0.2) is 9.18 Å². The number of halogens is 1. The Morgan fingerprint density at radius 1 is 1.29 bits per heavy atom. The Kier molecular flexibility index (Phi) is 4.65. The van der Waals surface area contributed by atoms with Gasteiger partial charge in [0.15, 0.2) is 5.54 Å². The number of esters is 1. The molecule has 0 spiro atoms. The number of hydrogen-bond donors (Lipinski definition) is 1. The summed E-state index contributed by atoms with van der Waals surface area (Å²) >= 11 is 0. The molecule has 1 aromatic carbocycles. The van der Waals surface area contributed by atoms with Crippen molar-refractivity contribution in [3.05, 3.63) is 65.7 Å². The van der Waals surface area contributed by atoms with Crippen molar-refractivity contribution in [1.29, 1.82) is 0 Å². The second-order valence-electron chi connectivity index (χ2n) is 4.82. The molecule has 0 saturated heterocycles. The van der Waals surface area contributed by atoms with Crippen LogP contribution in [0.4, 0.5) is 4.39 Å². The fraction of sp³-hybridized carbons (Fsp3) is 0.250. The van der Waals surface area contributed by atoms with Gasteiger partial charge in [-0.2, -0.15) is 0 Å². The minimum absolute atomic E-state index is 0.409. The lowest BCUT2D eigenvalue weighted by atomic mass is 9.96. The second kappa shape index (κ2) is 6.45. The van der Waals surface area contributed by atoms with Crippen LogP contribution in [0.1, 0.15) is 18.2 Å². The second-order valence-corrected chi connectivity index (χ2v) is 4.82. The Morgan fingerprint density at radius 3 is 2.57 bits per heavy atom. The summed E-state index contributed by atoms with van der Waals surface area (Å²) in [7, 11) is 1.31. The number of carbonyl (C=O) groups is 1. The van der Waals surface area contributed by atoms with E-state index in [0.717, 1.165) is 11.8 Å². The van der Waals surface area contributed by atoms with E-state index in [1.54, 1.807) is 6.92 Å². The number of nitrogens with one attached hydrogen (secondary N) is 1. The Labute approximate surface area is 123 Å². The molecule has 2 rings (SSSR count). The van der Waals surface area contributed by atoms with Crippen LogP contribution in [0.3, 0.4) is 0 Å². The van der Waals surface area contributed by atoms with E-state index in [9.17, 15) is 9.18 Å². The summed E-state index contributed by atoms with van der Waals surface area (Å²) in [5, 5.41) is 3.14. The first kappa shape index (κ1) is 15.1. The van der Waals surface area contributed by atoms with Crippen molar-refractivity contribution in [2.24, 2.45) is 0 Å². The number of ether oxygens (including phenoxy) is 1. The van der Waals surface area contributed by atoms with Crippen LogP contribution in [0.2, 0.25) is 0 Å². The molecule has 1 unspecified atom stereocenters. The maximum atomic E-state index is 13.0. The monoisotopic (exact) mass is 288 g/mol. The van der Waals surface area contributed by atoms with Crippen LogP contribution < -0.4 is 5.32 Å². The molecule has 1 atom stereocenters. The largest absolute Gasteiger partial charge is 0.467 e. The Hall–Kier alpha value is -2.27. The molecule has 0 bridgehead atoms. The molecule has 0 aliphatic rings. The first-order valence-corrected chi connectivity index (χ1v) is 6.55. The molecule has 2 aromatic rings. The Bertz CT molecular complexity index is 601. The quantitative estimate of drug-likeness (QED) is 0.858. The first-order valence-electron chi connectivity index (χ1n) is 6.55. The normalized spacial score (nSPS) is 13.5. The van der Waals surface area contributed by atoms with Gasteiger partial charge in [0.2, 0.25) is 0 Å². The van der Waals surface area contributed by atoms with E-state index in [0.29, 0.717) is 12.2 Å². The predicted molar refractivity (Wildman–Crippen MR) is 76.8 cm³/mol. The summed E-state index contributed by atoms with van der Waals surface area (Å²) < 4.78 is 17.9. The van der Waals surface area contributed by atoms with E-state index >= 15 is 0 Å². The number of aromatic nitrogens is 1. The highest BCUT2D eigenvalue weighted by molar-refractivity contribution is 5.81. The van der Waals surface area contributed by atoms with Gasteiger partial charge >= 0.3 is 5.97 Å². The summed E-state index contributed by atoms with van der Waals surface area (Å²) in [6.07, 6.45) is 1.08. The van der Waals surface area contributed by atoms with E-state index in [1.807, 2.05) is 30.3 Å². The van der Waals surface area contributed by atoms with Crippen molar-refractivity contribution in [1.82, 2.24) is 10.3 Å². The summed E-state index contributed by atoms with van der Waals surface area (Å²) in [6, 6.07) is 12.4. The van der Waals surface area contributed by atoms with Gasteiger partial charge in [-0.15, -0.1) is 0 Å². The molecule has 0 amide bonds. The van der Waals surface area contributed by atoms with Gasteiger partial charge in [0.1, 0.15) is 5.82 Å². The summed E-state index contributed by atoms with van der Waals surface area (Å²) in [6.45, 7) is 2.13. The molecule has 0 radical (unpaired) electrons. The van der Waals surface area contributed by atoms with Gasteiger partial charge < -0.3 is 4.74 Å². The number of pyridine rings is 1. The van der Waals surface area contributed by atoms with Crippen molar-refractivity contribution in [3.63, 3.8) is 0 Å². The van der Waals surface area contributed by atoms with Crippen LogP contribution >= 0.6 is 0 Å². The zero-order chi connectivity index (χ0) is 15.3. The van der Waals surface area contributed by atoms with Crippen LogP contribution in [0.5, 0.6) is 0 Å². The molecule has 0 aliphatic heterocycles. The van der Waals surface area contributed by atoms with E-state index in [1.165, 1.54) is 19.2 Å². The highest BCUT2D eigenvalue weighted by Crippen LogP contribution is 2.21. The van der Waals surface area contributed by atoms with Crippen LogP contribution in [-0.4, -0.2) is 18.1 Å². The molecule has 0 aliphatic carbocycles. The SMILES string of the molecule is COC(=O)C(C)(NCc1ccccc1)c1ccc(F)cn1. The van der Waals surface area contributed by atoms with E-state index in [4.69, 9.17) is 4.74 Å². The molecule has 4 nitrogen and oxygen atoms in total. The molecule has 0 saturated carbocycles. The zero-order valence-corrected chi connectivity index (χ0v) is 12.0. The Morgan fingerprint density at radius 2 is 2.00 bits per heavy atom. The minimum Gasteiger partial charge on any atom is -0.467 e. The third-order valence-corrected chi connectivity index (χ3v) is 3.32. The standard InChI is InChI=1S/C16H17FN2O2/c1-16(15(20)21-2,14-9-8-13(17)11-18-14)19-10-12-6-4-3-5-7-12/h3-9,11,19H,10H2,1-2H3. The lowest BCUT2D eigenvalue weighted by Gasteiger charge is -2.27. The molecule has 1 aromatic heterocycles. The number of nitrogens with zero attached hydrogens (tertiary/aromatic N) is 1. The lowest BCUT2D eigenvalue weighted by molar-refractivity contribution is -0.148. The predicted octanol–water partition coefficient (Wildman–Crippen LogP) is 2.40. The average molecular weight is 288 g/mol.